The van der Waals surface area contributed by atoms with Crippen LogP contribution in [0.3, 0.4) is 0 Å². The van der Waals surface area contributed by atoms with Crippen LogP contribution >= 0.6 is 35.6 Å². The molecule has 2 aromatic rings. The Balaban J connectivity index is 0.00000300. The minimum Gasteiger partial charge on any atom is -0.482 e. The molecule has 0 atom stereocenters. The average molecular weight is 529 g/mol. The molecule has 0 saturated carbocycles. The monoisotopic (exact) mass is 528 g/mol. The summed E-state index contributed by atoms with van der Waals surface area (Å²) in [5.74, 6) is 1.49. The zero-order valence-electron chi connectivity index (χ0n) is 16.4. The molecular formula is C21H26ClIN4O2. The molecule has 0 aliphatic carbocycles. The lowest BCUT2D eigenvalue weighted by atomic mass is 10.2. The number of guanidine groups is 1. The van der Waals surface area contributed by atoms with Gasteiger partial charge in [-0.1, -0.05) is 35.9 Å². The summed E-state index contributed by atoms with van der Waals surface area (Å²) in [6.07, 6.45) is 0.793. The van der Waals surface area contributed by atoms with Crippen LogP contribution in [0.1, 0.15) is 18.9 Å². The summed E-state index contributed by atoms with van der Waals surface area (Å²) in [6, 6.07) is 15.3. The van der Waals surface area contributed by atoms with Gasteiger partial charge in [0.2, 0.25) is 0 Å². The van der Waals surface area contributed by atoms with E-state index in [1.165, 1.54) is 0 Å². The van der Waals surface area contributed by atoms with Crippen LogP contribution in [0.25, 0.3) is 0 Å². The van der Waals surface area contributed by atoms with Crippen LogP contribution < -0.4 is 20.3 Å². The second-order valence-corrected chi connectivity index (χ2v) is 6.84. The second-order valence-electron chi connectivity index (χ2n) is 6.41. The standard InChI is InChI=1S/C21H25ClN4O2.HI/c1-2-23-21(25-14-16-7-5-8-17(22)13-16)24-11-6-12-26-18-9-3-4-10-19(18)28-15-20(26)27;/h3-5,7-10,13H,2,6,11-12,14-15H2,1H3,(H2,23,24,25);1H. The Bertz CT molecular complexity index is 847. The van der Waals surface area contributed by atoms with Gasteiger partial charge in [0.15, 0.2) is 12.6 Å². The van der Waals surface area contributed by atoms with E-state index in [4.69, 9.17) is 16.3 Å². The highest BCUT2D eigenvalue weighted by molar-refractivity contribution is 14.0. The van der Waals surface area contributed by atoms with Gasteiger partial charge >= 0.3 is 0 Å². The van der Waals surface area contributed by atoms with E-state index in [0.29, 0.717) is 24.7 Å². The van der Waals surface area contributed by atoms with Gasteiger partial charge in [-0.3, -0.25) is 4.79 Å². The molecule has 29 heavy (non-hydrogen) atoms. The minimum atomic E-state index is -0.0137. The predicted molar refractivity (Wildman–Crippen MR) is 129 cm³/mol. The van der Waals surface area contributed by atoms with Crippen molar-refractivity contribution in [3.05, 3.63) is 59.1 Å². The Kier molecular flexibility index (Phi) is 9.53. The fraction of sp³-hybridized carbons (Fsp3) is 0.333. The van der Waals surface area contributed by atoms with Gasteiger partial charge in [0.25, 0.3) is 5.91 Å². The smallest absolute Gasteiger partial charge is 0.265 e. The van der Waals surface area contributed by atoms with E-state index in [0.717, 1.165) is 35.9 Å². The lowest BCUT2D eigenvalue weighted by Crippen LogP contribution is -2.42. The van der Waals surface area contributed by atoms with Gasteiger partial charge in [-0.2, -0.15) is 0 Å². The molecular weight excluding hydrogens is 503 g/mol. The highest BCUT2D eigenvalue weighted by atomic mass is 127. The second kappa shape index (κ2) is 11.9. The molecule has 1 aliphatic rings. The number of carbonyl (C=O) groups excluding carboxylic acids is 1. The fourth-order valence-electron chi connectivity index (χ4n) is 2.99. The van der Waals surface area contributed by atoms with Crippen molar-refractivity contribution < 1.29 is 9.53 Å². The molecule has 2 aromatic carbocycles. The van der Waals surface area contributed by atoms with Crippen molar-refractivity contribution in [2.45, 2.75) is 19.9 Å². The van der Waals surface area contributed by atoms with Gasteiger partial charge in [-0.25, -0.2) is 4.99 Å². The Labute approximate surface area is 193 Å². The van der Waals surface area contributed by atoms with Crippen LogP contribution in [-0.4, -0.2) is 38.1 Å². The number of nitrogens with one attached hydrogen (secondary N) is 2. The number of amides is 1. The van der Waals surface area contributed by atoms with Crippen LogP contribution in [0.2, 0.25) is 5.02 Å². The molecule has 0 fully saturated rings. The normalized spacial score (nSPS) is 13.2. The summed E-state index contributed by atoms with van der Waals surface area (Å²) >= 11 is 6.02. The molecule has 1 aliphatic heterocycles. The van der Waals surface area contributed by atoms with Gasteiger partial charge in [0.1, 0.15) is 5.75 Å². The SMILES string of the molecule is CCNC(=NCc1cccc(Cl)c1)NCCCN1C(=O)COc2ccccc21.I. The molecule has 6 nitrogen and oxygen atoms in total. The summed E-state index contributed by atoms with van der Waals surface area (Å²) in [7, 11) is 0. The number of hydrogen-bond donors (Lipinski definition) is 2. The number of ether oxygens (including phenoxy) is 1. The van der Waals surface area contributed by atoms with E-state index < -0.39 is 0 Å². The van der Waals surface area contributed by atoms with E-state index >= 15 is 0 Å². The largest absolute Gasteiger partial charge is 0.482 e. The summed E-state index contributed by atoms with van der Waals surface area (Å²) in [6.45, 7) is 4.77. The van der Waals surface area contributed by atoms with Crippen LogP contribution in [0.15, 0.2) is 53.5 Å². The van der Waals surface area contributed by atoms with Gasteiger partial charge in [-0.05, 0) is 43.2 Å². The fourth-order valence-corrected chi connectivity index (χ4v) is 3.20. The van der Waals surface area contributed by atoms with Crippen LogP contribution in [0.4, 0.5) is 5.69 Å². The van der Waals surface area contributed by atoms with Gasteiger partial charge in [0.05, 0.1) is 12.2 Å². The molecule has 2 N–H and O–H groups in total. The van der Waals surface area contributed by atoms with E-state index in [1.54, 1.807) is 4.90 Å². The summed E-state index contributed by atoms with van der Waals surface area (Å²) in [5.41, 5.74) is 1.89. The number of anilines is 1. The summed E-state index contributed by atoms with van der Waals surface area (Å²) in [5, 5.41) is 7.27. The van der Waals surface area contributed by atoms with Crippen molar-refractivity contribution in [1.29, 1.82) is 0 Å². The molecule has 3 rings (SSSR count). The lowest BCUT2D eigenvalue weighted by molar-refractivity contribution is -0.121. The lowest BCUT2D eigenvalue weighted by Gasteiger charge is -2.29. The maximum atomic E-state index is 12.2. The molecule has 8 heteroatoms. The first-order valence-electron chi connectivity index (χ1n) is 9.46. The number of halogens is 2. The van der Waals surface area contributed by atoms with Gasteiger partial charge in [-0.15, -0.1) is 24.0 Å². The van der Waals surface area contributed by atoms with Crippen LogP contribution in [0, 0.1) is 0 Å². The first-order chi connectivity index (χ1) is 13.7. The van der Waals surface area contributed by atoms with Crippen molar-refractivity contribution in [2.24, 2.45) is 4.99 Å². The zero-order valence-corrected chi connectivity index (χ0v) is 19.4. The number of rotatable bonds is 7. The predicted octanol–water partition coefficient (Wildman–Crippen LogP) is 3.83. The van der Waals surface area contributed by atoms with Gasteiger partial charge < -0.3 is 20.3 Å². The van der Waals surface area contributed by atoms with Crippen LogP contribution in [0.5, 0.6) is 5.75 Å². The van der Waals surface area contributed by atoms with E-state index in [1.807, 2.05) is 55.5 Å². The number of aliphatic imine (C=N–C) groups is 1. The number of para-hydroxylation sites is 2. The van der Waals surface area contributed by atoms with Crippen molar-refractivity contribution in [3.8, 4) is 5.75 Å². The molecule has 0 radical (unpaired) electrons. The molecule has 0 spiro atoms. The minimum absolute atomic E-state index is 0. The zero-order chi connectivity index (χ0) is 19.8. The van der Waals surface area contributed by atoms with E-state index in [-0.39, 0.29) is 36.5 Å². The Hall–Kier alpha value is -2.00. The van der Waals surface area contributed by atoms with Crippen molar-refractivity contribution in [1.82, 2.24) is 10.6 Å². The first-order valence-corrected chi connectivity index (χ1v) is 9.84. The first kappa shape index (κ1) is 23.3. The number of fused-ring (bicyclic) bond motifs is 1. The molecule has 0 saturated heterocycles. The number of hydrogen-bond acceptors (Lipinski definition) is 3. The highest BCUT2D eigenvalue weighted by Gasteiger charge is 2.24. The maximum absolute atomic E-state index is 12.2. The van der Waals surface area contributed by atoms with Crippen molar-refractivity contribution in [3.63, 3.8) is 0 Å². The van der Waals surface area contributed by atoms with Crippen molar-refractivity contribution >= 4 is 53.1 Å². The number of carbonyl (C=O) groups is 1. The molecule has 0 aromatic heterocycles. The Morgan fingerprint density at radius 2 is 2.03 bits per heavy atom. The molecule has 0 bridgehead atoms. The Morgan fingerprint density at radius 1 is 1.21 bits per heavy atom. The molecule has 156 valence electrons. The third-order valence-electron chi connectivity index (χ3n) is 4.31. The van der Waals surface area contributed by atoms with Crippen molar-refractivity contribution in [2.75, 3.05) is 31.1 Å². The third kappa shape index (κ3) is 6.78. The topological polar surface area (TPSA) is 66.0 Å². The van der Waals surface area contributed by atoms with E-state index in [2.05, 4.69) is 15.6 Å². The maximum Gasteiger partial charge on any atom is 0.265 e. The van der Waals surface area contributed by atoms with Crippen LogP contribution in [-0.2, 0) is 11.3 Å². The third-order valence-corrected chi connectivity index (χ3v) is 4.55. The molecule has 0 unspecified atom stereocenters. The summed E-state index contributed by atoms with van der Waals surface area (Å²) in [4.78, 5) is 18.6. The number of benzene rings is 2. The van der Waals surface area contributed by atoms with Gasteiger partial charge in [0, 0.05) is 24.7 Å². The highest BCUT2D eigenvalue weighted by Crippen LogP contribution is 2.31. The quantitative estimate of drug-likeness (QED) is 0.248. The Morgan fingerprint density at radius 3 is 2.83 bits per heavy atom. The van der Waals surface area contributed by atoms with E-state index in [9.17, 15) is 4.79 Å². The molecule has 1 heterocycles. The number of nitrogens with zero attached hydrogens (tertiary/aromatic N) is 2. The molecule has 1 amide bonds. The summed E-state index contributed by atoms with van der Waals surface area (Å²) < 4.78 is 5.48. The average Bonchev–Trinajstić information content (AvgIpc) is 2.70.